The number of hydrogen-bond acceptors (Lipinski definition) is 4. The number of nitrogens with zero attached hydrogens (tertiary/aromatic N) is 1. The summed E-state index contributed by atoms with van der Waals surface area (Å²) in [6.45, 7) is 9.22. The van der Waals surface area contributed by atoms with E-state index in [1.165, 1.54) is 10.4 Å². The lowest BCUT2D eigenvalue weighted by molar-refractivity contribution is -0.0494. The molecule has 1 aromatic heterocycles. The minimum Gasteiger partial charge on any atom is -0.374 e. The van der Waals surface area contributed by atoms with Crippen molar-refractivity contribution in [1.29, 1.82) is 0 Å². The molecule has 3 nitrogen and oxygen atoms in total. The quantitative estimate of drug-likeness (QED) is 0.898. The molecule has 2 heterocycles. The summed E-state index contributed by atoms with van der Waals surface area (Å²) in [6.07, 6.45) is 0.173. The highest BCUT2D eigenvalue weighted by atomic mass is 32.1. The lowest BCUT2D eigenvalue weighted by Gasteiger charge is -2.38. The monoisotopic (exact) mass is 254 g/mol. The predicted octanol–water partition coefficient (Wildman–Crippen LogP) is 2.17. The van der Waals surface area contributed by atoms with Crippen LogP contribution in [0.5, 0.6) is 0 Å². The maximum absolute atomic E-state index is 5.93. The molecular formula is C13H22N2OS. The molecule has 2 N–H and O–H groups in total. The number of ether oxygens (including phenoxy) is 1. The van der Waals surface area contributed by atoms with E-state index in [2.05, 4.69) is 30.2 Å². The third-order valence-electron chi connectivity index (χ3n) is 3.54. The van der Waals surface area contributed by atoms with Crippen LogP contribution >= 0.6 is 11.3 Å². The second-order valence-corrected chi connectivity index (χ2v) is 5.85. The van der Waals surface area contributed by atoms with Gasteiger partial charge in [-0.25, -0.2) is 0 Å². The van der Waals surface area contributed by atoms with Crippen LogP contribution in [0.2, 0.25) is 0 Å². The molecule has 3 unspecified atom stereocenters. The second-order valence-electron chi connectivity index (χ2n) is 4.91. The fourth-order valence-electron chi connectivity index (χ4n) is 2.34. The number of morpholine rings is 1. The molecule has 2 rings (SSSR count). The van der Waals surface area contributed by atoms with Gasteiger partial charge in [-0.3, -0.25) is 4.90 Å². The van der Waals surface area contributed by atoms with Crippen LogP contribution in [-0.4, -0.2) is 36.7 Å². The standard InChI is InChI=1S/C13H22N2OS/c1-9-4-7-17-13(9)11(3)15-5-6-16-12(8-15)10(2)14/h4,7,10-12H,5-6,8,14H2,1-3H3. The normalized spacial score (nSPS) is 25.8. The first-order valence-corrected chi connectivity index (χ1v) is 7.12. The topological polar surface area (TPSA) is 38.5 Å². The Bertz CT molecular complexity index is 364. The van der Waals surface area contributed by atoms with Crippen molar-refractivity contribution in [2.24, 2.45) is 5.73 Å². The molecule has 0 saturated carbocycles. The molecule has 1 aliphatic rings. The van der Waals surface area contributed by atoms with Gasteiger partial charge >= 0.3 is 0 Å². The molecule has 0 spiro atoms. The van der Waals surface area contributed by atoms with Crippen molar-refractivity contribution in [3.63, 3.8) is 0 Å². The summed E-state index contributed by atoms with van der Waals surface area (Å²) in [4.78, 5) is 3.95. The third kappa shape index (κ3) is 2.88. The number of nitrogens with two attached hydrogens (primary N) is 1. The summed E-state index contributed by atoms with van der Waals surface area (Å²) in [5, 5.41) is 2.17. The highest BCUT2D eigenvalue weighted by molar-refractivity contribution is 7.10. The lowest BCUT2D eigenvalue weighted by atomic mass is 10.1. The fraction of sp³-hybridized carbons (Fsp3) is 0.692. The van der Waals surface area contributed by atoms with E-state index < -0.39 is 0 Å². The van der Waals surface area contributed by atoms with Crippen LogP contribution in [0.3, 0.4) is 0 Å². The summed E-state index contributed by atoms with van der Waals surface area (Å²) in [7, 11) is 0. The molecule has 96 valence electrons. The van der Waals surface area contributed by atoms with Crippen LogP contribution in [0.4, 0.5) is 0 Å². The van der Waals surface area contributed by atoms with Gasteiger partial charge in [0, 0.05) is 30.1 Å². The van der Waals surface area contributed by atoms with E-state index in [1.807, 2.05) is 18.3 Å². The van der Waals surface area contributed by atoms with E-state index in [4.69, 9.17) is 10.5 Å². The molecule has 0 aromatic carbocycles. The van der Waals surface area contributed by atoms with Gasteiger partial charge in [0.15, 0.2) is 0 Å². The highest BCUT2D eigenvalue weighted by Gasteiger charge is 2.27. The van der Waals surface area contributed by atoms with Gasteiger partial charge in [-0.15, -0.1) is 11.3 Å². The van der Waals surface area contributed by atoms with Crippen LogP contribution in [0.25, 0.3) is 0 Å². The van der Waals surface area contributed by atoms with Gasteiger partial charge < -0.3 is 10.5 Å². The Balaban J connectivity index is 2.05. The van der Waals surface area contributed by atoms with Gasteiger partial charge in [0.25, 0.3) is 0 Å². The maximum atomic E-state index is 5.93. The summed E-state index contributed by atoms with van der Waals surface area (Å²) in [5.41, 5.74) is 7.32. The molecule has 17 heavy (non-hydrogen) atoms. The first-order chi connectivity index (χ1) is 8.09. The molecule has 1 saturated heterocycles. The van der Waals surface area contributed by atoms with Crippen molar-refractivity contribution in [2.75, 3.05) is 19.7 Å². The summed E-state index contributed by atoms with van der Waals surface area (Å²) < 4.78 is 5.70. The first kappa shape index (κ1) is 13.0. The average Bonchev–Trinajstić information content (AvgIpc) is 2.74. The van der Waals surface area contributed by atoms with E-state index >= 15 is 0 Å². The Morgan fingerprint density at radius 2 is 2.29 bits per heavy atom. The molecule has 4 heteroatoms. The second kappa shape index (κ2) is 5.48. The summed E-state index contributed by atoms with van der Waals surface area (Å²) >= 11 is 1.85. The number of aryl methyl sites for hydroxylation is 1. The van der Waals surface area contributed by atoms with Crippen LogP contribution in [0.1, 0.15) is 30.3 Å². The van der Waals surface area contributed by atoms with Crippen molar-refractivity contribution >= 4 is 11.3 Å². The van der Waals surface area contributed by atoms with Gasteiger partial charge in [-0.1, -0.05) is 0 Å². The SMILES string of the molecule is Cc1ccsc1C(C)N1CCOC(C(C)N)C1. The van der Waals surface area contributed by atoms with Crippen LogP contribution in [-0.2, 0) is 4.74 Å². The number of hydrogen-bond donors (Lipinski definition) is 1. The Morgan fingerprint density at radius 3 is 2.88 bits per heavy atom. The van der Waals surface area contributed by atoms with Gasteiger partial charge in [0.2, 0.25) is 0 Å². The van der Waals surface area contributed by atoms with E-state index in [-0.39, 0.29) is 12.1 Å². The molecule has 3 atom stereocenters. The fourth-order valence-corrected chi connectivity index (χ4v) is 3.36. The molecular weight excluding hydrogens is 232 g/mol. The van der Waals surface area contributed by atoms with E-state index in [0.717, 1.165) is 19.7 Å². The molecule has 0 aliphatic carbocycles. The van der Waals surface area contributed by atoms with Gasteiger partial charge in [-0.2, -0.15) is 0 Å². The predicted molar refractivity (Wildman–Crippen MR) is 72.4 cm³/mol. The molecule has 0 bridgehead atoms. The van der Waals surface area contributed by atoms with Gasteiger partial charge in [0.05, 0.1) is 12.7 Å². The van der Waals surface area contributed by atoms with Crippen molar-refractivity contribution in [1.82, 2.24) is 4.90 Å². The van der Waals surface area contributed by atoms with Crippen LogP contribution in [0.15, 0.2) is 11.4 Å². The number of thiophene rings is 1. The Hall–Kier alpha value is -0.420. The van der Waals surface area contributed by atoms with Crippen molar-refractivity contribution < 1.29 is 4.74 Å². The average molecular weight is 254 g/mol. The zero-order valence-electron chi connectivity index (χ0n) is 10.8. The van der Waals surface area contributed by atoms with Crippen LogP contribution < -0.4 is 5.73 Å². The first-order valence-electron chi connectivity index (χ1n) is 6.25. The molecule has 1 aromatic rings. The Labute approximate surface area is 108 Å². The number of rotatable bonds is 3. The lowest BCUT2D eigenvalue weighted by Crippen LogP contribution is -2.50. The van der Waals surface area contributed by atoms with Gasteiger partial charge in [0.1, 0.15) is 0 Å². The van der Waals surface area contributed by atoms with Crippen molar-refractivity contribution in [3.05, 3.63) is 21.9 Å². The summed E-state index contributed by atoms with van der Waals surface area (Å²) in [5.74, 6) is 0. The highest BCUT2D eigenvalue weighted by Crippen LogP contribution is 2.29. The Morgan fingerprint density at radius 1 is 1.53 bits per heavy atom. The van der Waals surface area contributed by atoms with E-state index in [9.17, 15) is 0 Å². The van der Waals surface area contributed by atoms with Crippen molar-refractivity contribution in [2.45, 2.75) is 39.0 Å². The molecule has 0 amide bonds. The largest absolute Gasteiger partial charge is 0.374 e. The zero-order chi connectivity index (χ0) is 12.4. The Kier molecular flexibility index (Phi) is 4.20. The molecule has 1 fully saturated rings. The minimum atomic E-state index is 0.106. The van der Waals surface area contributed by atoms with E-state index in [0.29, 0.717) is 6.04 Å². The van der Waals surface area contributed by atoms with Crippen LogP contribution in [0, 0.1) is 6.92 Å². The summed E-state index contributed by atoms with van der Waals surface area (Å²) in [6, 6.07) is 2.77. The minimum absolute atomic E-state index is 0.106. The maximum Gasteiger partial charge on any atom is 0.0850 e. The third-order valence-corrected chi connectivity index (χ3v) is 4.73. The van der Waals surface area contributed by atoms with Crippen molar-refractivity contribution in [3.8, 4) is 0 Å². The van der Waals surface area contributed by atoms with E-state index in [1.54, 1.807) is 0 Å². The smallest absolute Gasteiger partial charge is 0.0850 e. The molecule has 1 aliphatic heterocycles. The van der Waals surface area contributed by atoms with Gasteiger partial charge in [-0.05, 0) is 37.8 Å². The zero-order valence-corrected chi connectivity index (χ0v) is 11.7. The molecule has 0 radical (unpaired) electrons.